The van der Waals surface area contributed by atoms with Gasteiger partial charge in [-0.15, -0.1) is 0 Å². The molecule has 0 bridgehead atoms. The van der Waals surface area contributed by atoms with E-state index in [1.807, 2.05) is 0 Å². The number of phenols is 1. The van der Waals surface area contributed by atoms with Crippen LogP contribution in [0.1, 0.15) is 26.3 Å². The highest BCUT2D eigenvalue weighted by Gasteiger charge is 2.14. The number of benzene rings is 1. The van der Waals surface area contributed by atoms with Crippen LogP contribution < -0.4 is 0 Å². The minimum absolute atomic E-state index is 0.0184. The maximum absolute atomic E-state index is 13.2. The molecule has 1 aromatic rings. The third kappa shape index (κ3) is 3.05. The van der Waals surface area contributed by atoms with Gasteiger partial charge in [-0.05, 0) is 23.5 Å². The molecule has 1 N–H and O–H groups in total. The average molecular weight is 182 g/mol. The van der Waals surface area contributed by atoms with E-state index < -0.39 is 0 Å². The smallest absolute Gasteiger partial charge is 0.130 e. The number of halogens is 1. The van der Waals surface area contributed by atoms with E-state index in [4.69, 9.17) is 5.11 Å². The largest absolute Gasteiger partial charge is 0.508 e. The number of hydrogen-bond acceptors (Lipinski definition) is 1. The van der Waals surface area contributed by atoms with Crippen LogP contribution in [0.2, 0.25) is 0 Å². The van der Waals surface area contributed by atoms with Gasteiger partial charge in [0.2, 0.25) is 0 Å². The number of hydrogen-bond donors (Lipinski definition) is 1. The Bertz CT molecular complexity index is 299. The molecule has 0 atom stereocenters. The Morgan fingerprint density at radius 2 is 1.92 bits per heavy atom. The van der Waals surface area contributed by atoms with Gasteiger partial charge in [0.05, 0.1) is 0 Å². The summed E-state index contributed by atoms with van der Waals surface area (Å²) < 4.78 is 13.2. The zero-order valence-electron chi connectivity index (χ0n) is 8.26. The zero-order chi connectivity index (χ0) is 10.1. The molecular weight excluding hydrogens is 167 g/mol. The second kappa shape index (κ2) is 3.36. The maximum atomic E-state index is 13.2. The summed E-state index contributed by atoms with van der Waals surface area (Å²) >= 11 is 0. The number of rotatable bonds is 1. The first kappa shape index (κ1) is 10.0. The van der Waals surface area contributed by atoms with Crippen molar-refractivity contribution in [1.82, 2.24) is 0 Å². The van der Waals surface area contributed by atoms with Gasteiger partial charge < -0.3 is 5.11 Å². The molecule has 1 rings (SSSR count). The van der Waals surface area contributed by atoms with Gasteiger partial charge in [-0.3, -0.25) is 0 Å². The SMILES string of the molecule is CC(C)(C)Cc1ccc(O)cc1F. The molecule has 0 fully saturated rings. The Balaban J connectivity index is 2.90. The van der Waals surface area contributed by atoms with Gasteiger partial charge in [-0.2, -0.15) is 0 Å². The highest BCUT2D eigenvalue weighted by Crippen LogP contribution is 2.24. The van der Waals surface area contributed by atoms with Crippen molar-refractivity contribution in [2.75, 3.05) is 0 Å². The monoisotopic (exact) mass is 182 g/mol. The molecule has 0 amide bonds. The molecule has 0 saturated carbocycles. The molecular formula is C11H15FO. The molecule has 0 aliphatic rings. The number of aromatic hydroxyl groups is 1. The summed E-state index contributed by atoms with van der Waals surface area (Å²) in [7, 11) is 0. The second-order valence-electron chi connectivity index (χ2n) is 4.51. The molecule has 0 spiro atoms. The molecule has 0 radical (unpaired) electrons. The van der Waals surface area contributed by atoms with E-state index in [2.05, 4.69) is 20.8 Å². The van der Waals surface area contributed by atoms with Gasteiger partial charge in [0.15, 0.2) is 0 Å². The van der Waals surface area contributed by atoms with Crippen molar-refractivity contribution in [3.05, 3.63) is 29.6 Å². The topological polar surface area (TPSA) is 20.2 Å². The molecule has 0 unspecified atom stereocenters. The van der Waals surface area contributed by atoms with Crippen molar-refractivity contribution in [3.63, 3.8) is 0 Å². The standard InChI is InChI=1S/C11H15FO/c1-11(2,3)7-8-4-5-9(13)6-10(8)12/h4-6,13H,7H2,1-3H3. The van der Waals surface area contributed by atoms with Crippen LogP contribution in [-0.4, -0.2) is 5.11 Å². The average Bonchev–Trinajstić information content (AvgIpc) is 1.93. The Morgan fingerprint density at radius 1 is 1.31 bits per heavy atom. The molecule has 0 aromatic heterocycles. The number of phenolic OH excluding ortho intramolecular Hbond substituents is 1. The normalized spacial score (nSPS) is 11.7. The van der Waals surface area contributed by atoms with Gasteiger partial charge in [0.25, 0.3) is 0 Å². The van der Waals surface area contributed by atoms with Crippen LogP contribution >= 0.6 is 0 Å². The molecule has 2 heteroatoms. The van der Waals surface area contributed by atoms with Crippen molar-refractivity contribution in [3.8, 4) is 5.75 Å². The summed E-state index contributed by atoms with van der Waals surface area (Å²) in [4.78, 5) is 0. The van der Waals surface area contributed by atoms with E-state index in [1.165, 1.54) is 6.07 Å². The fourth-order valence-electron chi connectivity index (χ4n) is 1.25. The molecule has 1 aromatic carbocycles. The summed E-state index contributed by atoms with van der Waals surface area (Å²) in [5.74, 6) is -0.343. The Hall–Kier alpha value is -1.05. The molecule has 0 saturated heterocycles. The van der Waals surface area contributed by atoms with E-state index in [9.17, 15) is 4.39 Å². The van der Waals surface area contributed by atoms with Crippen LogP contribution in [0.4, 0.5) is 4.39 Å². The van der Waals surface area contributed by atoms with Crippen molar-refractivity contribution in [2.24, 2.45) is 5.41 Å². The van der Waals surface area contributed by atoms with Crippen molar-refractivity contribution in [2.45, 2.75) is 27.2 Å². The molecule has 13 heavy (non-hydrogen) atoms. The first-order valence-electron chi connectivity index (χ1n) is 4.36. The summed E-state index contributed by atoms with van der Waals surface area (Å²) in [6, 6.07) is 4.31. The van der Waals surface area contributed by atoms with Crippen LogP contribution in [-0.2, 0) is 6.42 Å². The predicted octanol–water partition coefficient (Wildman–Crippen LogP) is 3.12. The molecule has 0 aliphatic heterocycles. The third-order valence-corrected chi connectivity index (χ3v) is 1.76. The van der Waals surface area contributed by atoms with Gasteiger partial charge in [-0.1, -0.05) is 26.8 Å². The highest BCUT2D eigenvalue weighted by atomic mass is 19.1. The van der Waals surface area contributed by atoms with E-state index in [-0.39, 0.29) is 17.0 Å². The zero-order valence-corrected chi connectivity index (χ0v) is 8.26. The summed E-state index contributed by atoms with van der Waals surface area (Å²) in [6.45, 7) is 6.16. The fourth-order valence-corrected chi connectivity index (χ4v) is 1.25. The Labute approximate surface area is 78.2 Å². The van der Waals surface area contributed by atoms with Gasteiger partial charge >= 0.3 is 0 Å². The molecule has 1 nitrogen and oxygen atoms in total. The lowest BCUT2D eigenvalue weighted by molar-refractivity contribution is 0.400. The predicted molar refractivity (Wildman–Crippen MR) is 51.2 cm³/mol. The maximum Gasteiger partial charge on any atom is 0.130 e. The highest BCUT2D eigenvalue weighted by molar-refractivity contribution is 5.28. The lowest BCUT2D eigenvalue weighted by Crippen LogP contribution is -2.10. The molecule has 0 aliphatic carbocycles. The Morgan fingerprint density at radius 3 is 2.38 bits per heavy atom. The summed E-state index contributed by atoms with van der Waals surface area (Å²) in [6.07, 6.45) is 0.680. The summed E-state index contributed by atoms with van der Waals surface area (Å²) in [5, 5.41) is 9.00. The first-order chi connectivity index (χ1) is 5.88. The lowest BCUT2D eigenvalue weighted by atomic mass is 9.88. The van der Waals surface area contributed by atoms with Crippen molar-refractivity contribution >= 4 is 0 Å². The van der Waals surface area contributed by atoms with Gasteiger partial charge in [0.1, 0.15) is 11.6 Å². The van der Waals surface area contributed by atoms with Gasteiger partial charge in [0, 0.05) is 6.07 Å². The van der Waals surface area contributed by atoms with Crippen LogP contribution in [0.15, 0.2) is 18.2 Å². The first-order valence-corrected chi connectivity index (χ1v) is 4.36. The lowest BCUT2D eigenvalue weighted by Gasteiger charge is -2.18. The van der Waals surface area contributed by atoms with Crippen LogP contribution in [0.3, 0.4) is 0 Å². The Kier molecular flexibility index (Phi) is 2.60. The van der Waals surface area contributed by atoms with Crippen LogP contribution in [0.25, 0.3) is 0 Å². The van der Waals surface area contributed by atoms with E-state index >= 15 is 0 Å². The molecule has 72 valence electrons. The van der Waals surface area contributed by atoms with E-state index in [0.29, 0.717) is 12.0 Å². The van der Waals surface area contributed by atoms with Crippen LogP contribution in [0.5, 0.6) is 5.75 Å². The van der Waals surface area contributed by atoms with E-state index in [0.717, 1.165) is 6.07 Å². The minimum Gasteiger partial charge on any atom is -0.508 e. The molecule has 0 heterocycles. The van der Waals surface area contributed by atoms with Gasteiger partial charge in [-0.25, -0.2) is 4.39 Å². The van der Waals surface area contributed by atoms with Crippen molar-refractivity contribution in [1.29, 1.82) is 0 Å². The minimum atomic E-state index is -0.324. The van der Waals surface area contributed by atoms with Crippen molar-refractivity contribution < 1.29 is 9.50 Å². The third-order valence-electron chi connectivity index (χ3n) is 1.76. The fraction of sp³-hybridized carbons (Fsp3) is 0.455. The van der Waals surface area contributed by atoms with Crippen LogP contribution in [0, 0.1) is 11.2 Å². The second-order valence-corrected chi connectivity index (χ2v) is 4.51. The summed E-state index contributed by atoms with van der Waals surface area (Å²) in [5.41, 5.74) is 0.725. The van der Waals surface area contributed by atoms with E-state index in [1.54, 1.807) is 6.07 Å². The quantitative estimate of drug-likeness (QED) is 0.707.